The first-order valence-corrected chi connectivity index (χ1v) is 13.7. The number of hydrogen-bond acceptors (Lipinski definition) is 1. The van der Waals surface area contributed by atoms with Crippen molar-refractivity contribution >= 4 is 0 Å². The van der Waals surface area contributed by atoms with Crippen LogP contribution in [-0.2, 0) is 0 Å². The van der Waals surface area contributed by atoms with E-state index in [4.69, 9.17) is 0 Å². The Bertz CT molecular complexity index is 779. The molecular weight excluding hydrogens is 376 g/mol. The average Bonchev–Trinajstić information content (AvgIpc) is 2.69. The normalized spacial score (nSPS) is 58.3. The first-order valence-electron chi connectivity index (χ1n) is 13.7. The number of rotatable bonds is 0. The van der Waals surface area contributed by atoms with Crippen molar-refractivity contribution in [1.82, 2.24) is 0 Å². The molecule has 1 N–H and O–H groups in total. The first-order chi connectivity index (χ1) is 14.3. The highest BCUT2D eigenvalue weighted by Crippen LogP contribution is 2.75. The van der Waals surface area contributed by atoms with Crippen molar-refractivity contribution in [2.24, 2.45) is 56.7 Å². The van der Waals surface area contributed by atoms with Gasteiger partial charge in [0, 0.05) is 0 Å². The van der Waals surface area contributed by atoms with Crippen LogP contribution >= 0.6 is 0 Å². The van der Waals surface area contributed by atoms with Crippen molar-refractivity contribution in [3.8, 4) is 0 Å². The second-order valence-corrected chi connectivity index (χ2v) is 14.7. The summed E-state index contributed by atoms with van der Waals surface area (Å²) in [5.41, 5.74) is 3.60. The summed E-state index contributed by atoms with van der Waals surface area (Å²) in [5.74, 6) is 3.90. The Kier molecular flexibility index (Phi) is 4.82. The highest BCUT2D eigenvalue weighted by molar-refractivity contribution is 5.33. The Morgan fingerprint density at radius 2 is 1.52 bits per heavy atom. The van der Waals surface area contributed by atoms with E-state index < -0.39 is 0 Å². The number of fused-ring (bicyclic) bond motifs is 7. The molecular formula is C30H50O. The predicted molar refractivity (Wildman–Crippen MR) is 131 cm³/mol. The van der Waals surface area contributed by atoms with Crippen molar-refractivity contribution in [2.75, 3.05) is 0 Å². The van der Waals surface area contributed by atoms with E-state index in [1.54, 1.807) is 0 Å². The van der Waals surface area contributed by atoms with E-state index in [0.29, 0.717) is 27.6 Å². The molecule has 1 nitrogen and oxygen atoms in total. The third kappa shape index (κ3) is 2.65. The Labute approximate surface area is 192 Å². The standard InChI is InChI=1S/C30H50O/c1-19-11-14-27(5)17-18-29(7)21(25(27)20(19)2)9-10-23-28(6)15-13-24(31)26(3,4)22(28)12-16-30(23,29)8/h9,19-20,22-25,31H,10-18H2,1-8H3/t19-,20+,22+,23-,24+,25+,27-,28+,29-,30-/m0/s1. The van der Waals surface area contributed by atoms with E-state index in [2.05, 4.69) is 61.5 Å². The number of allylic oxidation sites excluding steroid dienone is 2. The molecule has 31 heavy (non-hydrogen) atoms. The van der Waals surface area contributed by atoms with E-state index in [9.17, 15) is 5.11 Å². The second kappa shape index (κ2) is 6.64. The summed E-state index contributed by atoms with van der Waals surface area (Å²) in [6, 6.07) is 0. The molecule has 5 rings (SSSR count). The highest BCUT2D eigenvalue weighted by Gasteiger charge is 2.67. The summed E-state index contributed by atoms with van der Waals surface area (Å²) in [4.78, 5) is 0. The van der Waals surface area contributed by atoms with Gasteiger partial charge in [-0.2, -0.15) is 0 Å². The van der Waals surface area contributed by atoms with Crippen molar-refractivity contribution in [3.63, 3.8) is 0 Å². The topological polar surface area (TPSA) is 20.2 Å². The van der Waals surface area contributed by atoms with Crippen LogP contribution in [0.1, 0.15) is 113 Å². The van der Waals surface area contributed by atoms with Gasteiger partial charge in [0.2, 0.25) is 0 Å². The maximum absolute atomic E-state index is 10.9. The quantitative estimate of drug-likeness (QED) is 0.389. The van der Waals surface area contributed by atoms with E-state index in [0.717, 1.165) is 30.1 Å². The second-order valence-electron chi connectivity index (χ2n) is 14.7. The van der Waals surface area contributed by atoms with Gasteiger partial charge in [-0.15, -0.1) is 0 Å². The Morgan fingerprint density at radius 3 is 2.23 bits per heavy atom. The summed E-state index contributed by atoms with van der Waals surface area (Å²) in [7, 11) is 0. The van der Waals surface area contributed by atoms with Crippen LogP contribution in [0.25, 0.3) is 0 Å². The fraction of sp³-hybridized carbons (Fsp3) is 0.933. The Balaban J connectivity index is 1.59. The third-order valence-electron chi connectivity index (χ3n) is 13.4. The number of aliphatic hydroxyl groups is 1. The minimum absolute atomic E-state index is 0.0533. The molecule has 0 amide bonds. The molecule has 1 heteroatoms. The maximum Gasteiger partial charge on any atom is 0.0594 e. The molecule has 4 fully saturated rings. The fourth-order valence-corrected chi connectivity index (χ4v) is 10.8. The van der Waals surface area contributed by atoms with Gasteiger partial charge < -0.3 is 5.11 Å². The molecule has 176 valence electrons. The van der Waals surface area contributed by atoms with Crippen LogP contribution in [0.4, 0.5) is 0 Å². The molecule has 0 aliphatic heterocycles. The van der Waals surface area contributed by atoms with Crippen LogP contribution in [0.2, 0.25) is 0 Å². The molecule has 5 aliphatic carbocycles. The molecule has 0 aromatic rings. The van der Waals surface area contributed by atoms with E-state index >= 15 is 0 Å². The monoisotopic (exact) mass is 426 g/mol. The largest absolute Gasteiger partial charge is 0.393 e. The van der Waals surface area contributed by atoms with Crippen LogP contribution < -0.4 is 0 Å². The summed E-state index contributed by atoms with van der Waals surface area (Å²) >= 11 is 0. The molecule has 5 aliphatic rings. The summed E-state index contributed by atoms with van der Waals surface area (Å²) in [5, 5.41) is 10.9. The minimum atomic E-state index is -0.125. The smallest absolute Gasteiger partial charge is 0.0594 e. The molecule has 10 atom stereocenters. The van der Waals surface area contributed by atoms with Crippen molar-refractivity contribution < 1.29 is 5.11 Å². The van der Waals surface area contributed by atoms with Gasteiger partial charge in [-0.3, -0.25) is 0 Å². The van der Waals surface area contributed by atoms with Gasteiger partial charge in [0.05, 0.1) is 6.10 Å². The molecule has 0 radical (unpaired) electrons. The van der Waals surface area contributed by atoms with Crippen LogP contribution in [0.15, 0.2) is 11.6 Å². The van der Waals surface area contributed by atoms with E-state index in [1.807, 2.05) is 5.57 Å². The zero-order chi connectivity index (χ0) is 22.6. The van der Waals surface area contributed by atoms with Crippen molar-refractivity contribution in [3.05, 3.63) is 11.6 Å². The van der Waals surface area contributed by atoms with Gasteiger partial charge >= 0.3 is 0 Å². The van der Waals surface area contributed by atoms with Crippen LogP contribution in [0, 0.1) is 56.7 Å². The first kappa shape index (κ1) is 22.5. The summed E-state index contributed by atoms with van der Waals surface area (Å²) in [6.45, 7) is 20.5. The molecule has 0 bridgehead atoms. The zero-order valence-corrected chi connectivity index (χ0v) is 21.9. The molecule has 0 aromatic heterocycles. The van der Waals surface area contributed by atoms with Crippen LogP contribution in [0.3, 0.4) is 0 Å². The van der Waals surface area contributed by atoms with Gasteiger partial charge in [0.15, 0.2) is 0 Å². The van der Waals surface area contributed by atoms with Crippen LogP contribution in [0.5, 0.6) is 0 Å². The zero-order valence-electron chi connectivity index (χ0n) is 21.9. The minimum Gasteiger partial charge on any atom is -0.393 e. The predicted octanol–water partition coefficient (Wildman–Crippen LogP) is 8.02. The molecule has 0 heterocycles. The Morgan fingerprint density at radius 1 is 0.806 bits per heavy atom. The van der Waals surface area contributed by atoms with Crippen molar-refractivity contribution in [1.29, 1.82) is 0 Å². The lowest BCUT2D eigenvalue weighted by molar-refractivity contribution is -0.203. The molecule has 0 saturated heterocycles. The van der Waals surface area contributed by atoms with E-state index in [-0.39, 0.29) is 11.5 Å². The fourth-order valence-electron chi connectivity index (χ4n) is 10.8. The van der Waals surface area contributed by atoms with Gasteiger partial charge in [0.25, 0.3) is 0 Å². The molecule has 0 unspecified atom stereocenters. The summed E-state index contributed by atoms with van der Waals surface area (Å²) < 4.78 is 0. The molecule has 0 spiro atoms. The van der Waals surface area contributed by atoms with Gasteiger partial charge in [-0.1, -0.05) is 67.0 Å². The lowest BCUT2D eigenvalue weighted by Crippen LogP contribution is -2.64. The third-order valence-corrected chi connectivity index (χ3v) is 13.4. The SMILES string of the molecule is C[C@@H]1[C@@H](C)CC[C@@]2(C)CC[C@@]3(C)C(=CC[C@H]4[C@]5(C)CC[C@@H](O)C(C)(C)[C@H]5CC[C@@]43C)[C@@H]12. The number of aliphatic hydroxyl groups excluding tert-OH is 1. The van der Waals surface area contributed by atoms with Gasteiger partial charge in [-0.25, -0.2) is 0 Å². The highest BCUT2D eigenvalue weighted by atomic mass is 16.3. The lowest BCUT2D eigenvalue weighted by Gasteiger charge is -2.71. The molecule has 4 saturated carbocycles. The summed E-state index contributed by atoms with van der Waals surface area (Å²) in [6.07, 6.45) is 14.5. The van der Waals surface area contributed by atoms with Gasteiger partial charge in [-0.05, 0) is 114 Å². The lowest BCUT2D eigenvalue weighted by atomic mass is 9.33. The van der Waals surface area contributed by atoms with Crippen LogP contribution in [-0.4, -0.2) is 11.2 Å². The molecule has 0 aromatic carbocycles. The number of hydrogen-bond donors (Lipinski definition) is 1. The average molecular weight is 427 g/mol. The maximum atomic E-state index is 10.9. The van der Waals surface area contributed by atoms with Gasteiger partial charge in [0.1, 0.15) is 0 Å². The Hall–Kier alpha value is -0.300. The van der Waals surface area contributed by atoms with E-state index in [1.165, 1.54) is 51.4 Å². The van der Waals surface area contributed by atoms with Crippen molar-refractivity contribution in [2.45, 2.75) is 119 Å².